The molecule has 1 amide bonds. The molecule has 1 fully saturated rings. The summed E-state index contributed by atoms with van der Waals surface area (Å²) in [6.07, 6.45) is 5.12. The Bertz CT molecular complexity index is 906. The second-order valence-electron chi connectivity index (χ2n) is 7.13. The van der Waals surface area contributed by atoms with Crippen molar-refractivity contribution in [1.82, 2.24) is 9.46 Å². The summed E-state index contributed by atoms with van der Waals surface area (Å²) in [5, 5.41) is 6.25. The SMILES string of the molecule is Cc1cc(NC(=O)CN(CC2CCCCC2)S(=O)(=O)c2ccc(F)cc2)no1. The minimum Gasteiger partial charge on any atom is -0.360 e. The summed E-state index contributed by atoms with van der Waals surface area (Å²) >= 11 is 0. The minimum absolute atomic E-state index is 0.0326. The van der Waals surface area contributed by atoms with Crippen LogP contribution < -0.4 is 5.32 Å². The Morgan fingerprint density at radius 3 is 2.54 bits per heavy atom. The molecule has 1 aromatic carbocycles. The summed E-state index contributed by atoms with van der Waals surface area (Å²) in [5.41, 5.74) is 0. The van der Waals surface area contributed by atoms with Gasteiger partial charge in [0, 0.05) is 12.6 Å². The molecule has 3 rings (SSSR count). The van der Waals surface area contributed by atoms with E-state index in [-0.39, 0.29) is 29.7 Å². The number of nitrogens with zero attached hydrogens (tertiary/aromatic N) is 2. The summed E-state index contributed by atoms with van der Waals surface area (Å²) in [7, 11) is -3.94. The van der Waals surface area contributed by atoms with Crippen LogP contribution in [0.1, 0.15) is 37.9 Å². The first kappa shape index (κ1) is 20.5. The maximum absolute atomic E-state index is 13.2. The average Bonchev–Trinajstić information content (AvgIpc) is 3.07. The molecule has 7 nitrogen and oxygen atoms in total. The van der Waals surface area contributed by atoms with Gasteiger partial charge in [-0.15, -0.1) is 0 Å². The number of rotatable bonds is 7. The molecule has 1 heterocycles. The summed E-state index contributed by atoms with van der Waals surface area (Å²) < 4.78 is 45.5. The third-order valence-electron chi connectivity index (χ3n) is 4.85. The van der Waals surface area contributed by atoms with E-state index in [1.807, 2.05) is 0 Å². The third-order valence-corrected chi connectivity index (χ3v) is 6.68. The zero-order valence-electron chi connectivity index (χ0n) is 15.7. The number of hydrogen-bond acceptors (Lipinski definition) is 5. The first-order valence-electron chi connectivity index (χ1n) is 9.33. The fourth-order valence-corrected chi connectivity index (χ4v) is 4.90. The van der Waals surface area contributed by atoms with E-state index in [2.05, 4.69) is 10.5 Å². The number of nitrogens with one attached hydrogen (secondary N) is 1. The lowest BCUT2D eigenvalue weighted by Gasteiger charge is -2.28. The van der Waals surface area contributed by atoms with Gasteiger partial charge in [0.1, 0.15) is 11.6 Å². The number of benzene rings is 1. The highest BCUT2D eigenvalue weighted by Gasteiger charge is 2.30. The molecule has 0 atom stereocenters. The summed E-state index contributed by atoms with van der Waals surface area (Å²) in [4.78, 5) is 12.4. The van der Waals surface area contributed by atoms with Gasteiger partial charge >= 0.3 is 0 Å². The van der Waals surface area contributed by atoms with E-state index in [1.165, 1.54) is 16.4 Å². The number of aryl methyl sites for hydroxylation is 1. The second-order valence-corrected chi connectivity index (χ2v) is 9.06. The van der Waals surface area contributed by atoms with E-state index in [9.17, 15) is 17.6 Å². The van der Waals surface area contributed by atoms with Gasteiger partial charge in [0.05, 0.1) is 11.4 Å². The van der Waals surface area contributed by atoms with Crippen molar-refractivity contribution in [3.63, 3.8) is 0 Å². The second kappa shape index (κ2) is 8.83. The maximum Gasteiger partial charge on any atom is 0.243 e. The van der Waals surface area contributed by atoms with Crippen LogP contribution in [0, 0.1) is 18.7 Å². The van der Waals surface area contributed by atoms with E-state index < -0.39 is 21.7 Å². The van der Waals surface area contributed by atoms with E-state index in [0.717, 1.165) is 44.2 Å². The molecule has 1 saturated carbocycles. The van der Waals surface area contributed by atoms with Crippen molar-refractivity contribution in [1.29, 1.82) is 0 Å². The highest BCUT2D eigenvalue weighted by atomic mass is 32.2. The molecule has 9 heteroatoms. The molecule has 1 aliphatic carbocycles. The van der Waals surface area contributed by atoms with Gasteiger partial charge in [0.25, 0.3) is 0 Å². The van der Waals surface area contributed by atoms with Crippen LogP contribution in [0.4, 0.5) is 10.2 Å². The van der Waals surface area contributed by atoms with Crippen LogP contribution in [0.5, 0.6) is 0 Å². The van der Waals surface area contributed by atoms with E-state index >= 15 is 0 Å². The predicted octanol–water partition coefficient (Wildman–Crippen LogP) is 3.33. The highest BCUT2D eigenvalue weighted by Crippen LogP contribution is 2.27. The van der Waals surface area contributed by atoms with Crippen LogP contribution in [0.2, 0.25) is 0 Å². The van der Waals surface area contributed by atoms with Crippen molar-refractivity contribution in [2.45, 2.75) is 43.9 Å². The van der Waals surface area contributed by atoms with Crippen molar-refractivity contribution >= 4 is 21.7 Å². The number of carbonyl (C=O) groups is 1. The smallest absolute Gasteiger partial charge is 0.243 e. The Morgan fingerprint density at radius 1 is 1.25 bits per heavy atom. The number of carbonyl (C=O) groups excluding carboxylic acids is 1. The Morgan fingerprint density at radius 2 is 1.93 bits per heavy atom. The Kier molecular flexibility index (Phi) is 6.46. The van der Waals surface area contributed by atoms with E-state index in [0.29, 0.717) is 5.76 Å². The van der Waals surface area contributed by atoms with Gasteiger partial charge in [-0.1, -0.05) is 24.4 Å². The molecule has 28 heavy (non-hydrogen) atoms. The molecule has 0 spiro atoms. The first-order chi connectivity index (χ1) is 13.3. The number of amides is 1. The van der Waals surface area contributed by atoms with Crippen LogP contribution in [0.15, 0.2) is 39.8 Å². The van der Waals surface area contributed by atoms with Crippen LogP contribution >= 0.6 is 0 Å². The number of hydrogen-bond donors (Lipinski definition) is 1. The van der Waals surface area contributed by atoms with Gasteiger partial charge in [0.2, 0.25) is 15.9 Å². The van der Waals surface area contributed by atoms with E-state index in [1.54, 1.807) is 13.0 Å². The van der Waals surface area contributed by atoms with Crippen molar-refractivity contribution in [2.24, 2.45) is 5.92 Å². The van der Waals surface area contributed by atoms with Crippen LogP contribution in [-0.4, -0.2) is 36.9 Å². The molecule has 1 aliphatic rings. The van der Waals surface area contributed by atoms with Crippen molar-refractivity contribution in [3.05, 3.63) is 41.9 Å². The molecule has 0 saturated heterocycles. The maximum atomic E-state index is 13.2. The zero-order valence-corrected chi connectivity index (χ0v) is 16.5. The summed E-state index contributed by atoms with van der Waals surface area (Å²) in [6.45, 7) is 1.60. The number of sulfonamides is 1. The van der Waals surface area contributed by atoms with Gasteiger partial charge in [0.15, 0.2) is 5.82 Å². The molecule has 1 aromatic heterocycles. The normalized spacial score (nSPS) is 15.7. The van der Waals surface area contributed by atoms with Gasteiger partial charge < -0.3 is 9.84 Å². The van der Waals surface area contributed by atoms with Gasteiger partial charge in [-0.2, -0.15) is 4.31 Å². The number of aromatic nitrogens is 1. The largest absolute Gasteiger partial charge is 0.360 e. The first-order valence-corrected chi connectivity index (χ1v) is 10.8. The van der Waals surface area contributed by atoms with Gasteiger partial charge in [-0.3, -0.25) is 4.79 Å². The van der Waals surface area contributed by atoms with Gasteiger partial charge in [-0.05, 0) is 49.9 Å². The average molecular weight is 409 g/mol. The topological polar surface area (TPSA) is 92.5 Å². The van der Waals surface area contributed by atoms with E-state index in [4.69, 9.17) is 4.52 Å². The molecule has 0 bridgehead atoms. The molecular formula is C19H24FN3O4S. The quantitative estimate of drug-likeness (QED) is 0.757. The Labute approximate surface area is 163 Å². The minimum atomic E-state index is -3.94. The molecule has 1 N–H and O–H groups in total. The fourth-order valence-electron chi connectivity index (χ4n) is 3.43. The molecule has 2 aromatic rings. The van der Waals surface area contributed by atoms with Gasteiger partial charge in [-0.25, -0.2) is 12.8 Å². The Balaban J connectivity index is 1.79. The van der Waals surface area contributed by atoms with Crippen molar-refractivity contribution < 1.29 is 22.1 Å². The van der Waals surface area contributed by atoms with Crippen molar-refractivity contribution in [2.75, 3.05) is 18.4 Å². The van der Waals surface area contributed by atoms with Crippen LogP contribution in [0.25, 0.3) is 0 Å². The lowest BCUT2D eigenvalue weighted by molar-refractivity contribution is -0.116. The lowest BCUT2D eigenvalue weighted by Crippen LogP contribution is -2.41. The number of anilines is 1. The van der Waals surface area contributed by atoms with Crippen molar-refractivity contribution in [3.8, 4) is 0 Å². The fraction of sp³-hybridized carbons (Fsp3) is 0.474. The zero-order chi connectivity index (χ0) is 20.1. The molecule has 0 radical (unpaired) electrons. The number of halogens is 1. The van der Waals surface area contributed by atoms with Crippen LogP contribution in [0.3, 0.4) is 0 Å². The Hall–Kier alpha value is -2.26. The van der Waals surface area contributed by atoms with Crippen LogP contribution in [-0.2, 0) is 14.8 Å². The highest BCUT2D eigenvalue weighted by molar-refractivity contribution is 7.89. The molecule has 0 unspecified atom stereocenters. The molecular weight excluding hydrogens is 385 g/mol. The summed E-state index contributed by atoms with van der Waals surface area (Å²) in [5.74, 6) is -0.0506. The predicted molar refractivity (Wildman–Crippen MR) is 102 cm³/mol. The molecule has 0 aliphatic heterocycles. The molecule has 152 valence electrons. The lowest BCUT2D eigenvalue weighted by atomic mass is 9.89. The third kappa shape index (κ3) is 5.17. The summed E-state index contributed by atoms with van der Waals surface area (Å²) in [6, 6.07) is 6.19. The standard InChI is InChI=1S/C19H24FN3O4S/c1-14-11-18(22-27-14)21-19(24)13-23(12-15-5-3-2-4-6-15)28(25,26)17-9-7-16(20)8-10-17/h7-11,15H,2-6,12-13H2,1H3,(H,21,22,24). The monoisotopic (exact) mass is 409 g/mol.